The van der Waals surface area contributed by atoms with Crippen LogP contribution >= 0.6 is 12.2 Å². The lowest BCUT2D eigenvalue weighted by Crippen LogP contribution is -2.32. The molecule has 20 heavy (non-hydrogen) atoms. The molecule has 5 heteroatoms. The summed E-state index contributed by atoms with van der Waals surface area (Å²) in [5.74, 6) is -0.0237. The van der Waals surface area contributed by atoms with Gasteiger partial charge in [-0.25, -0.2) is 0 Å². The fraction of sp³-hybridized carbons (Fsp3) is 0.467. The van der Waals surface area contributed by atoms with Crippen molar-refractivity contribution >= 4 is 28.8 Å². The van der Waals surface area contributed by atoms with Crippen molar-refractivity contribution in [3.8, 4) is 0 Å². The lowest BCUT2D eigenvalue weighted by molar-refractivity contribution is -0.121. The maximum Gasteiger partial charge on any atom is 0.230 e. The number of hydrogen-bond acceptors (Lipinski definition) is 3. The van der Waals surface area contributed by atoms with Gasteiger partial charge in [0.2, 0.25) is 5.91 Å². The van der Waals surface area contributed by atoms with Crippen LogP contribution in [0.2, 0.25) is 0 Å². The summed E-state index contributed by atoms with van der Waals surface area (Å²) in [6.45, 7) is 5.97. The molecule has 1 aromatic carbocycles. The molecule has 1 heterocycles. The zero-order valence-electron chi connectivity index (χ0n) is 11.9. The molecule has 1 saturated heterocycles. The van der Waals surface area contributed by atoms with Gasteiger partial charge in [0.15, 0.2) is 0 Å². The van der Waals surface area contributed by atoms with Crippen molar-refractivity contribution in [1.29, 1.82) is 0 Å². The number of rotatable bonds is 3. The van der Waals surface area contributed by atoms with Gasteiger partial charge in [0.05, 0.1) is 23.8 Å². The third kappa shape index (κ3) is 2.83. The molecule has 1 aromatic rings. The Balaban J connectivity index is 2.18. The highest BCUT2D eigenvalue weighted by molar-refractivity contribution is 7.80. The van der Waals surface area contributed by atoms with Crippen molar-refractivity contribution in [3.63, 3.8) is 0 Å². The van der Waals surface area contributed by atoms with Crippen LogP contribution in [0.1, 0.15) is 26.3 Å². The largest absolute Gasteiger partial charge is 0.389 e. The number of anilines is 1. The van der Waals surface area contributed by atoms with Crippen molar-refractivity contribution in [2.24, 2.45) is 17.6 Å². The minimum atomic E-state index is -0.163. The van der Waals surface area contributed by atoms with Gasteiger partial charge in [0.25, 0.3) is 0 Å². The lowest BCUT2D eigenvalue weighted by Gasteiger charge is -2.19. The molecule has 3 N–H and O–H groups in total. The number of para-hydroxylation sites is 1. The molecule has 0 radical (unpaired) electrons. The van der Waals surface area contributed by atoms with Crippen LogP contribution in [-0.4, -0.2) is 23.1 Å². The van der Waals surface area contributed by atoms with Gasteiger partial charge in [-0.05, 0) is 31.9 Å². The summed E-state index contributed by atoms with van der Waals surface area (Å²) >= 11 is 5.00. The highest BCUT2D eigenvalue weighted by Gasteiger charge is 2.41. The molecular formula is C15H20N2O2S. The normalized spacial score (nSPS) is 29.1. The van der Waals surface area contributed by atoms with Crippen molar-refractivity contribution in [1.82, 2.24) is 0 Å². The number of nitrogens with one attached hydrogen (secondary N) is 1. The first-order valence-corrected chi connectivity index (χ1v) is 7.17. The molecule has 4 unspecified atom stereocenters. The van der Waals surface area contributed by atoms with Crippen LogP contribution in [0.25, 0.3) is 0 Å². The summed E-state index contributed by atoms with van der Waals surface area (Å²) < 4.78 is 5.71. The van der Waals surface area contributed by atoms with Gasteiger partial charge in [0, 0.05) is 5.56 Å². The van der Waals surface area contributed by atoms with Crippen LogP contribution in [0.4, 0.5) is 5.69 Å². The predicted octanol–water partition coefficient (Wildman–Crippen LogP) is 2.32. The predicted molar refractivity (Wildman–Crippen MR) is 83.6 cm³/mol. The van der Waals surface area contributed by atoms with Crippen molar-refractivity contribution in [2.45, 2.75) is 33.0 Å². The summed E-state index contributed by atoms with van der Waals surface area (Å²) in [6, 6.07) is 7.30. The number of hydrogen-bond donors (Lipinski definition) is 2. The van der Waals surface area contributed by atoms with Gasteiger partial charge >= 0.3 is 0 Å². The van der Waals surface area contributed by atoms with E-state index < -0.39 is 0 Å². The van der Waals surface area contributed by atoms with Gasteiger partial charge in [-0.1, -0.05) is 31.3 Å². The summed E-state index contributed by atoms with van der Waals surface area (Å²) in [5, 5.41) is 2.93. The van der Waals surface area contributed by atoms with Gasteiger partial charge in [-0.15, -0.1) is 0 Å². The third-order valence-electron chi connectivity index (χ3n) is 4.00. The Morgan fingerprint density at radius 2 is 1.90 bits per heavy atom. The first-order chi connectivity index (χ1) is 9.41. The van der Waals surface area contributed by atoms with E-state index in [2.05, 4.69) is 5.32 Å². The Morgan fingerprint density at radius 3 is 2.45 bits per heavy atom. The smallest absolute Gasteiger partial charge is 0.230 e. The molecule has 1 amide bonds. The summed E-state index contributed by atoms with van der Waals surface area (Å²) in [5.41, 5.74) is 7.02. The number of ether oxygens (including phenoxy) is 1. The zero-order chi connectivity index (χ0) is 14.9. The number of thiocarbonyl (C=S) groups is 1. The van der Waals surface area contributed by atoms with Crippen LogP contribution in [0, 0.1) is 11.8 Å². The van der Waals surface area contributed by atoms with E-state index in [0.29, 0.717) is 11.3 Å². The molecule has 1 aliphatic heterocycles. The van der Waals surface area contributed by atoms with Crippen molar-refractivity contribution < 1.29 is 9.53 Å². The van der Waals surface area contributed by atoms with Crippen LogP contribution in [0.3, 0.4) is 0 Å². The molecule has 4 nitrogen and oxygen atoms in total. The van der Waals surface area contributed by atoms with Crippen LogP contribution in [0.5, 0.6) is 0 Å². The average Bonchev–Trinajstić information content (AvgIpc) is 2.63. The summed E-state index contributed by atoms with van der Waals surface area (Å²) in [6.07, 6.45) is 0.00330. The maximum absolute atomic E-state index is 12.5. The number of carbonyl (C=O) groups is 1. The van der Waals surface area contributed by atoms with Crippen LogP contribution in [0.15, 0.2) is 24.3 Å². The fourth-order valence-corrected chi connectivity index (χ4v) is 2.92. The first-order valence-electron chi connectivity index (χ1n) is 6.77. The van der Waals surface area contributed by atoms with E-state index in [1.54, 1.807) is 12.1 Å². The van der Waals surface area contributed by atoms with E-state index in [1.165, 1.54) is 0 Å². The van der Waals surface area contributed by atoms with E-state index in [0.717, 1.165) is 0 Å². The number of carbonyl (C=O) groups excluding carboxylic acids is 1. The van der Waals surface area contributed by atoms with E-state index in [-0.39, 0.29) is 34.9 Å². The molecule has 0 saturated carbocycles. The van der Waals surface area contributed by atoms with Crippen LogP contribution in [-0.2, 0) is 9.53 Å². The molecular weight excluding hydrogens is 272 g/mol. The minimum Gasteiger partial charge on any atom is -0.389 e. The number of amides is 1. The van der Waals surface area contributed by atoms with E-state index in [4.69, 9.17) is 22.7 Å². The molecule has 0 bridgehead atoms. The Bertz CT molecular complexity index is 532. The van der Waals surface area contributed by atoms with Crippen molar-refractivity contribution in [2.75, 3.05) is 5.32 Å². The molecule has 0 aromatic heterocycles. The van der Waals surface area contributed by atoms with Crippen LogP contribution < -0.4 is 11.1 Å². The van der Waals surface area contributed by atoms with Gasteiger partial charge in [0.1, 0.15) is 4.99 Å². The molecule has 1 aliphatic rings. The second-order valence-corrected chi connectivity index (χ2v) is 5.77. The van der Waals surface area contributed by atoms with E-state index in [9.17, 15) is 4.79 Å². The summed E-state index contributed by atoms with van der Waals surface area (Å²) in [7, 11) is 0. The second-order valence-electron chi connectivity index (χ2n) is 5.33. The van der Waals surface area contributed by atoms with Crippen molar-refractivity contribution in [3.05, 3.63) is 29.8 Å². The van der Waals surface area contributed by atoms with Gasteiger partial charge < -0.3 is 15.8 Å². The average molecular weight is 292 g/mol. The Morgan fingerprint density at radius 1 is 1.25 bits per heavy atom. The number of benzene rings is 1. The topological polar surface area (TPSA) is 64.3 Å². The molecule has 0 aliphatic carbocycles. The monoisotopic (exact) mass is 292 g/mol. The van der Waals surface area contributed by atoms with Gasteiger partial charge in [-0.2, -0.15) is 0 Å². The molecule has 2 rings (SSSR count). The van der Waals surface area contributed by atoms with Gasteiger partial charge in [-0.3, -0.25) is 4.79 Å². The van der Waals surface area contributed by atoms with E-state index in [1.807, 2.05) is 32.9 Å². The highest BCUT2D eigenvalue weighted by atomic mass is 32.1. The molecule has 1 fully saturated rings. The lowest BCUT2D eigenvalue weighted by atomic mass is 9.88. The summed E-state index contributed by atoms with van der Waals surface area (Å²) in [4.78, 5) is 12.8. The highest BCUT2D eigenvalue weighted by Crippen LogP contribution is 2.33. The first kappa shape index (κ1) is 14.9. The SMILES string of the molecule is CC1OC(C)C(C(=O)Nc2ccccc2C(N)=S)C1C. The third-order valence-corrected chi connectivity index (χ3v) is 4.21. The Hall–Kier alpha value is -1.46. The number of nitrogens with two attached hydrogens (primary N) is 1. The zero-order valence-corrected chi connectivity index (χ0v) is 12.7. The van der Waals surface area contributed by atoms with E-state index >= 15 is 0 Å². The Labute approximate surface area is 124 Å². The fourth-order valence-electron chi connectivity index (χ4n) is 2.74. The standard InChI is InChI=1S/C15H20N2O2S/c1-8-9(2)19-10(3)13(8)15(18)17-12-7-5-4-6-11(12)14(16)20/h4-10,13H,1-3H3,(H2,16,20)(H,17,18). The maximum atomic E-state index is 12.5. The molecule has 108 valence electrons. The second kappa shape index (κ2) is 5.89. The Kier molecular flexibility index (Phi) is 4.40. The molecule has 4 atom stereocenters. The minimum absolute atomic E-state index is 0.0435. The molecule has 0 spiro atoms. The quantitative estimate of drug-likeness (QED) is 0.839.